The zero-order valence-electron chi connectivity index (χ0n) is 9.66. The zero-order valence-corrected chi connectivity index (χ0v) is 9.66. The Hall–Kier alpha value is -2.96. The molecular formula is C12H8N6O. The van der Waals surface area contributed by atoms with Crippen molar-refractivity contribution < 1.29 is 0 Å². The molecule has 0 fully saturated rings. The van der Waals surface area contributed by atoms with Gasteiger partial charge in [-0.3, -0.25) is 9.89 Å². The fourth-order valence-corrected chi connectivity index (χ4v) is 2.18. The molecule has 2 N–H and O–H groups in total. The van der Waals surface area contributed by atoms with Crippen molar-refractivity contribution in [3.63, 3.8) is 0 Å². The molecule has 7 nitrogen and oxygen atoms in total. The Morgan fingerprint density at radius 1 is 1.11 bits per heavy atom. The van der Waals surface area contributed by atoms with E-state index in [4.69, 9.17) is 0 Å². The first-order chi connectivity index (χ1) is 9.34. The van der Waals surface area contributed by atoms with E-state index in [9.17, 15) is 4.79 Å². The fourth-order valence-electron chi connectivity index (χ4n) is 2.18. The van der Waals surface area contributed by atoms with E-state index in [1.54, 1.807) is 24.7 Å². The van der Waals surface area contributed by atoms with Crippen molar-refractivity contribution in [1.29, 1.82) is 0 Å². The van der Waals surface area contributed by atoms with Gasteiger partial charge in [0.25, 0.3) is 11.3 Å². The van der Waals surface area contributed by atoms with Crippen LogP contribution in [0, 0.1) is 0 Å². The molecule has 4 rings (SSSR count). The van der Waals surface area contributed by atoms with Crippen LogP contribution in [0.1, 0.15) is 0 Å². The molecule has 0 aliphatic rings. The highest BCUT2D eigenvalue weighted by Gasteiger charge is 2.12. The van der Waals surface area contributed by atoms with Crippen LogP contribution < -0.4 is 5.56 Å². The Balaban J connectivity index is 2.12. The van der Waals surface area contributed by atoms with Gasteiger partial charge in [0, 0.05) is 29.5 Å². The Labute approximate surface area is 106 Å². The molecule has 0 aliphatic carbocycles. The van der Waals surface area contributed by atoms with E-state index < -0.39 is 0 Å². The van der Waals surface area contributed by atoms with Gasteiger partial charge >= 0.3 is 0 Å². The van der Waals surface area contributed by atoms with Crippen molar-refractivity contribution in [2.24, 2.45) is 0 Å². The van der Waals surface area contributed by atoms with E-state index in [-0.39, 0.29) is 5.56 Å². The smallest absolute Gasteiger partial charge is 0.281 e. The lowest BCUT2D eigenvalue weighted by Gasteiger charge is -2.02. The first-order valence-corrected chi connectivity index (χ1v) is 5.68. The minimum Gasteiger partial charge on any atom is -0.346 e. The quantitative estimate of drug-likeness (QED) is 0.527. The fraction of sp³-hybridized carbons (Fsp3) is 0. The molecule has 7 heteroatoms. The van der Waals surface area contributed by atoms with Gasteiger partial charge < -0.3 is 4.98 Å². The number of hydrogen-bond acceptors (Lipinski definition) is 4. The molecule has 19 heavy (non-hydrogen) atoms. The molecule has 0 spiro atoms. The number of aromatic amines is 2. The number of H-pyrrole nitrogens is 2. The summed E-state index contributed by atoms with van der Waals surface area (Å²) in [5.41, 5.74) is 1.87. The van der Waals surface area contributed by atoms with Gasteiger partial charge in [-0.05, 0) is 12.1 Å². The van der Waals surface area contributed by atoms with Gasteiger partial charge in [0.1, 0.15) is 12.0 Å². The highest BCUT2D eigenvalue weighted by Crippen LogP contribution is 2.23. The van der Waals surface area contributed by atoms with Crippen LogP contribution in [-0.4, -0.2) is 29.5 Å². The molecule has 4 aromatic rings. The largest absolute Gasteiger partial charge is 0.346 e. The van der Waals surface area contributed by atoms with Crippen molar-refractivity contribution in [3.8, 4) is 11.1 Å². The van der Waals surface area contributed by atoms with E-state index >= 15 is 0 Å². The number of nitrogens with one attached hydrogen (secondary N) is 2. The number of fused-ring (bicyclic) bond motifs is 2. The van der Waals surface area contributed by atoms with Crippen LogP contribution in [0.5, 0.6) is 0 Å². The van der Waals surface area contributed by atoms with Gasteiger partial charge in [0.2, 0.25) is 0 Å². The summed E-state index contributed by atoms with van der Waals surface area (Å²) < 4.78 is 1.31. The second-order valence-electron chi connectivity index (χ2n) is 4.10. The normalized spacial score (nSPS) is 11.4. The maximum atomic E-state index is 12.4. The molecule has 0 aromatic carbocycles. The molecule has 0 bridgehead atoms. The number of nitrogens with zero attached hydrogens (tertiary/aromatic N) is 4. The van der Waals surface area contributed by atoms with Gasteiger partial charge in [-0.15, -0.1) is 0 Å². The lowest BCUT2D eigenvalue weighted by Crippen LogP contribution is -2.17. The van der Waals surface area contributed by atoms with E-state index in [1.165, 1.54) is 10.8 Å². The zero-order chi connectivity index (χ0) is 12.8. The summed E-state index contributed by atoms with van der Waals surface area (Å²) in [4.78, 5) is 27.7. The van der Waals surface area contributed by atoms with Crippen molar-refractivity contribution in [2.45, 2.75) is 0 Å². The van der Waals surface area contributed by atoms with Crippen molar-refractivity contribution in [3.05, 3.63) is 47.4 Å². The monoisotopic (exact) mass is 252 g/mol. The third-order valence-corrected chi connectivity index (χ3v) is 3.06. The molecule has 0 atom stereocenters. The average Bonchev–Trinajstić information content (AvgIpc) is 3.07. The Bertz CT molecular complexity index is 947. The summed E-state index contributed by atoms with van der Waals surface area (Å²) in [6.07, 6.45) is 6.43. The standard InChI is InChI=1S/C12H8N6O/c19-11-9(5-15-12-16-6-17-18(11)12)7-1-3-13-10-8(7)2-4-14-10/h1-6H,(H,13,14)(H,15,16,17). The van der Waals surface area contributed by atoms with Crippen LogP contribution in [0.25, 0.3) is 27.9 Å². The van der Waals surface area contributed by atoms with Gasteiger partial charge in [-0.2, -0.15) is 4.52 Å². The molecule has 0 amide bonds. The van der Waals surface area contributed by atoms with Gasteiger partial charge in [0.05, 0.1) is 5.56 Å². The lowest BCUT2D eigenvalue weighted by atomic mass is 10.1. The van der Waals surface area contributed by atoms with Crippen LogP contribution >= 0.6 is 0 Å². The summed E-state index contributed by atoms with van der Waals surface area (Å²) in [6, 6.07) is 3.69. The van der Waals surface area contributed by atoms with Crippen molar-refractivity contribution in [1.82, 2.24) is 29.5 Å². The second kappa shape index (κ2) is 3.52. The predicted molar refractivity (Wildman–Crippen MR) is 68.7 cm³/mol. The van der Waals surface area contributed by atoms with Gasteiger partial charge in [-0.1, -0.05) is 0 Å². The third-order valence-electron chi connectivity index (χ3n) is 3.06. The van der Waals surface area contributed by atoms with Crippen LogP contribution in [-0.2, 0) is 0 Å². The summed E-state index contributed by atoms with van der Waals surface area (Å²) >= 11 is 0. The molecular weight excluding hydrogens is 244 g/mol. The third kappa shape index (κ3) is 1.32. The maximum absolute atomic E-state index is 12.4. The van der Waals surface area contributed by atoms with Gasteiger partial charge in [0.15, 0.2) is 0 Å². The van der Waals surface area contributed by atoms with E-state index in [1.807, 2.05) is 6.07 Å². The molecule has 4 heterocycles. The first kappa shape index (κ1) is 10.0. The number of pyridine rings is 1. The highest BCUT2D eigenvalue weighted by molar-refractivity contribution is 5.92. The minimum absolute atomic E-state index is 0.184. The molecule has 0 unspecified atom stereocenters. The van der Waals surface area contributed by atoms with Crippen LogP contribution in [0.15, 0.2) is 41.8 Å². The van der Waals surface area contributed by atoms with Crippen LogP contribution in [0.3, 0.4) is 0 Å². The number of rotatable bonds is 1. The summed E-state index contributed by atoms with van der Waals surface area (Å²) in [6.45, 7) is 0. The average molecular weight is 252 g/mol. The number of hydrogen-bond donors (Lipinski definition) is 2. The van der Waals surface area contributed by atoms with Crippen molar-refractivity contribution in [2.75, 3.05) is 0 Å². The van der Waals surface area contributed by atoms with E-state index in [0.717, 1.165) is 16.6 Å². The second-order valence-corrected chi connectivity index (χ2v) is 4.10. The Morgan fingerprint density at radius 2 is 2.05 bits per heavy atom. The van der Waals surface area contributed by atoms with Crippen LogP contribution in [0.4, 0.5) is 0 Å². The molecule has 0 radical (unpaired) electrons. The molecule has 0 aliphatic heterocycles. The summed E-state index contributed by atoms with van der Waals surface area (Å²) in [5, 5.41) is 3.64. The van der Waals surface area contributed by atoms with E-state index in [0.29, 0.717) is 11.3 Å². The molecule has 4 aromatic heterocycles. The Kier molecular flexibility index (Phi) is 1.85. The molecule has 0 saturated heterocycles. The highest BCUT2D eigenvalue weighted by atomic mass is 16.1. The molecule has 0 saturated carbocycles. The van der Waals surface area contributed by atoms with E-state index in [2.05, 4.69) is 25.0 Å². The van der Waals surface area contributed by atoms with Crippen LogP contribution in [0.2, 0.25) is 0 Å². The molecule has 92 valence electrons. The first-order valence-electron chi connectivity index (χ1n) is 5.68. The maximum Gasteiger partial charge on any atom is 0.281 e. The SMILES string of the molecule is O=c1c(-c2ccnc3[nH]ccc23)cnc2nc[nH]n12. The van der Waals surface area contributed by atoms with Crippen molar-refractivity contribution >= 4 is 16.8 Å². The topological polar surface area (TPSA) is 91.7 Å². The Morgan fingerprint density at radius 3 is 3.00 bits per heavy atom. The number of aromatic nitrogens is 6. The summed E-state index contributed by atoms with van der Waals surface area (Å²) in [5.74, 6) is 0.355. The lowest BCUT2D eigenvalue weighted by molar-refractivity contribution is 0.902. The minimum atomic E-state index is -0.184. The predicted octanol–water partition coefficient (Wildman–Crippen LogP) is 0.961. The van der Waals surface area contributed by atoms with Gasteiger partial charge in [-0.25, -0.2) is 15.0 Å². The summed E-state index contributed by atoms with van der Waals surface area (Å²) in [7, 11) is 0.